The molecule has 3 aromatic rings. The van der Waals surface area contributed by atoms with Crippen LogP contribution >= 0.6 is 0 Å². The fraction of sp³-hybridized carbons (Fsp3) is 0.333. The minimum Gasteiger partial charge on any atom is -0.353 e. The van der Waals surface area contributed by atoms with E-state index in [2.05, 4.69) is 26.2 Å². The first-order valence-electron chi connectivity index (χ1n) is 8.63. The van der Waals surface area contributed by atoms with Crippen molar-refractivity contribution in [2.45, 2.75) is 20.4 Å². The highest BCUT2D eigenvalue weighted by Crippen LogP contribution is 2.25. The van der Waals surface area contributed by atoms with E-state index < -0.39 is 0 Å². The maximum atomic E-state index is 12.2. The van der Waals surface area contributed by atoms with E-state index in [4.69, 9.17) is 5.26 Å². The topological polar surface area (TPSA) is 106 Å². The quantitative estimate of drug-likeness (QED) is 0.677. The second-order valence-corrected chi connectivity index (χ2v) is 6.66. The molecule has 9 nitrogen and oxygen atoms in total. The zero-order valence-electron chi connectivity index (χ0n) is 15.1. The summed E-state index contributed by atoms with van der Waals surface area (Å²) in [5, 5.41) is 18.0. The molecule has 0 unspecified atom stereocenters. The van der Waals surface area contributed by atoms with Crippen molar-refractivity contribution in [2.75, 3.05) is 18.0 Å². The van der Waals surface area contributed by atoms with E-state index in [0.29, 0.717) is 37.0 Å². The molecule has 0 N–H and O–H groups in total. The standard InChI is InChI=1S/C18H18N8O/c1-12-7-13(2)26(22-12)16-3-4-17(27)25(23-16)11-14-9-24(10-14)18-15(8-19)20-5-6-21-18/h3-7,14H,9-11H2,1-2H3. The highest BCUT2D eigenvalue weighted by atomic mass is 16.1. The molecular weight excluding hydrogens is 344 g/mol. The zero-order chi connectivity index (χ0) is 19.0. The lowest BCUT2D eigenvalue weighted by Gasteiger charge is -2.40. The van der Waals surface area contributed by atoms with Crippen LogP contribution in [0.2, 0.25) is 0 Å². The molecule has 0 radical (unpaired) electrons. The van der Waals surface area contributed by atoms with Gasteiger partial charge in [-0.05, 0) is 26.0 Å². The molecule has 0 aromatic carbocycles. The SMILES string of the molecule is Cc1cc(C)n(-c2ccc(=O)n(CC3CN(c4nccnc4C#N)C3)n2)n1. The number of hydrogen-bond acceptors (Lipinski definition) is 7. The number of aromatic nitrogens is 6. The van der Waals surface area contributed by atoms with Crippen molar-refractivity contribution in [1.29, 1.82) is 5.26 Å². The number of nitriles is 1. The maximum absolute atomic E-state index is 12.2. The molecule has 1 fully saturated rings. The highest BCUT2D eigenvalue weighted by molar-refractivity contribution is 5.51. The van der Waals surface area contributed by atoms with Crippen LogP contribution in [0.5, 0.6) is 0 Å². The lowest BCUT2D eigenvalue weighted by Crippen LogP contribution is -2.50. The van der Waals surface area contributed by atoms with Crippen LogP contribution in [-0.4, -0.2) is 42.6 Å². The third-order valence-corrected chi connectivity index (χ3v) is 4.55. The Labute approximate surface area is 155 Å². The molecule has 9 heteroatoms. The Bertz CT molecular complexity index is 1090. The largest absolute Gasteiger partial charge is 0.353 e. The van der Waals surface area contributed by atoms with Gasteiger partial charge in [0.1, 0.15) is 6.07 Å². The fourth-order valence-electron chi connectivity index (χ4n) is 3.29. The van der Waals surface area contributed by atoms with Gasteiger partial charge in [-0.3, -0.25) is 4.79 Å². The number of aryl methyl sites for hydroxylation is 2. The molecule has 27 heavy (non-hydrogen) atoms. The van der Waals surface area contributed by atoms with E-state index in [-0.39, 0.29) is 11.5 Å². The van der Waals surface area contributed by atoms with Crippen LogP contribution in [-0.2, 0) is 6.54 Å². The molecule has 0 spiro atoms. The van der Waals surface area contributed by atoms with Crippen molar-refractivity contribution in [3.8, 4) is 11.9 Å². The van der Waals surface area contributed by atoms with Gasteiger partial charge in [-0.15, -0.1) is 5.10 Å². The second kappa shape index (κ2) is 6.64. The molecule has 0 atom stereocenters. The zero-order valence-corrected chi connectivity index (χ0v) is 15.1. The molecule has 4 heterocycles. The Morgan fingerprint density at radius 1 is 1.19 bits per heavy atom. The van der Waals surface area contributed by atoms with Crippen molar-refractivity contribution >= 4 is 5.82 Å². The van der Waals surface area contributed by atoms with Crippen LogP contribution in [0.15, 0.2) is 35.4 Å². The number of rotatable bonds is 4. The lowest BCUT2D eigenvalue weighted by molar-refractivity contribution is 0.331. The van der Waals surface area contributed by atoms with Gasteiger partial charge in [0, 0.05) is 43.2 Å². The third kappa shape index (κ3) is 3.17. The van der Waals surface area contributed by atoms with Crippen molar-refractivity contribution in [3.63, 3.8) is 0 Å². The summed E-state index contributed by atoms with van der Waals surface area (Å²) in [7, 11) is 0. The summed E-state index contributed by atoms with van der Waals surface area (Å²) in [4.78, 5) is 22.5. The monoisotopic (exact) mass is 362 g/mol. The number of nitrogens with zero attached hydrogens (tertiary/aromatic N) is 8. The van der Waals surface area contributed by atoms with E-state index in [0.717, 1.165) is 11.4 Å². The van der Waals surface area contributed by atoms with Gasteiger partial charge < -0.3 is 4.90 Å². The van der Waals surface area contributed by atoms with Gasteiger partial charge in [-0.2, -0.15) is 10.4 Å². The van der Waals surface area contributed by atoms with Gasteiger partial charge >= 0.3 is 0 Å². The molecule has 0 amide bonds. The number of hydrogen-bond donors (Lipinski definition) is 0. The average Bonchev–Trinajstić information content (AvgIpc) is 2.97. The Balaban J connectivity index is 1.50. The summed E-state index contributed by atoms with van der Waals surface area (Å²) in [6.07, 6.45) is 3.08. The Morgan fingerprint density at radius 2 is 1.96 bits per heavy atom. The molecule has 3 aromatic heterocycles. The molecule has 0 bridgehead atoms. The first-order valence-corrected chi connectivity index (χ1v) is 8.63. The lowest BCUT2D eigenvalue weighted by atomic mass is 10.00. The van der Waals surface area contributed by atoms with Crippen LogP contribution < -0.4 is 10.5 Å². The first kappa shape index (κ1) is 16.9. The van der Waals surface area contributed by atoms with Gasteiger partial charge in [0.25, 0.3) is 5.56 Å². The van der Waals surface area contributed by atoms with Crippen LogP contribution in [0.25, 0.3) is 5.82 Å². The average molecular weight is 362 g/mol. The summed E-state index contributed by atoms with van der Waals surface area (Å²) in [6.45, 7) is 5.78. The Hall–Kier alpha value is -3.54. The molecule has 1 aliphatic heterocycles. The predicted molar refractivity (Wildman–Crippen MR) is 97.5 cm³/mol. The Morgan fingerprint density at radius 3 is 2.67 bits per heavy atom. The van der Waals surface area contributed by atoms with E-state index in [9.17, 15) is 4.79 Å². The predicted octanol–water partition coefficient (Wildman–Crippen LogP) is 0.844. The van der Waals surface area contributed by atoms with Crippen molar-refractivity contribution in [2.24, 2.45) is 5.92 Å². The van der Waals surface area contributed by atoms with Gasteiger partial charge in [-0.1, -0.05) is 0 Å². The van der Waals surface area contributed by atoms with E-state index in [1.807, 2.05) is 24.8 Å². The number of anilines is 1. The van der Waals surface area contributed by atoms with E-state index in [1.165, 1.54) is 16.9 Å². The molecule has 4 rings (SSSR count). The minimum absolute atomic E-state index is 0.143. The second-order valence-electron chi connectivity index (χ2n) is 6.66. The van der Waals surface area contributed by atoms with Gasteiger partial charge in [-0.25, -0.2) is 19.3 Å². The van der Waals surface area contributed by atoms with Crippen LogP contribution in [0.3, 0.4) is 0 Å². The molecule has 136 valence electrons. The van der Waals surface area contributed by atoms with E-state index in [1.54, 1.807) is 16.9 Å². The fourth-order valence-corrected chi connectivity index (χ4v) is 3.29. The van der Waals surface area contributed by atoms with Gasteiger partial charge in [0.15, 0.2) is 17.3 Å². The summed E-state index contributed by atoms with van der Waals surface area (Å²) in [5.41, 5.74) is 2.04. The summed E-state index contributed by atoms with van der Waals surface area (Å²) < 4.78 is 3.22. The summed E-state index contributed by atoms with van der Waals surface area (Å²) in [6, 6.07) is 7.23. The molecule has 1 saturated heterocycles. The van der Waals surface area contributed by atoms with E-state index >= 15 is 0 Å². The normalized spacial score (nSPS) is 14.0. The van der Waals surface area contributed by atoms with Crippen molar-refractivity contribution in [1.82, 2.24) is 29.5 Å². The maximum Gasteiger partial charge on any atom is 0.266 e. The highest BCUT2D eigenvalue weighted by Gasteiger charge is 2.30. The van der Waals surface area contributed by atoms with Gasteiger partial charge in [0.05, 0.1) is 12.2 Å². The minimum atomic E-state index is -0.143. The van der Waals surface area contributed by atoms with Crippen LogP contribution in [0.1, 0.15) is 17.1 Å². The smallest absolute Gasteiger partial charge is 0.266 e. The Kier molecular flexibility index (Phi) is 4.16. The summed E-state index contributed by atoms with van der Waals surface area (Å²) >= 11 is 0. The molecular formula is C18H18N8O. The molecule has 1 aliphatic rings. The van der Waals surface area contributed by atoms with Crippen LogP contribution in [0.4, 0.5) is 5.82 Å². The third-order valence-electron chi connectivity index (χ3n) is 4.55. The van der Waals surface area contributed by atoms with Crippen molar-refractivity contribution < 1.29 is 0 Å². The molecule has 0 aliphatic carbocycles. The first-order chi connectivity index (χ1) is 13.0. The van der Waals surface area contributed by atoms with Crippen molar-refractivity contribution in [3.05, 3.63) is 58.0 Å². The summed E-state index contributed by atoms with van der Waals surface area (Å²) in [5.74, 6) is 1.46. The molecule has 0 saturated carbocycles. The van der Waals surface area contributed by atoms with Crippen LogP contribution in [0, 0.1) is 31.1 Å². The van der Waals surface area contributed by atoms with Gasteiger partial charge in [0.2, 0.25) is 0 Å².